The van der Waals surface area contributed by atoms with Crippen molar-refractivity contribution in [3.63, 3.8) is 0 Å². The smallest absolute Gasteiger partial charge is 0.317 e. The van der Waals surface area contributed by atoms with Crippen LogP contribution in [0.3, 0.4) is 0 Å². The van der Waals surface area contributed by atoms with Gasteiger partial charge >= 0.3 is 6.03 Å². The lowest BCUT2D eigenvalue weighted by Gasteiger charge is -2.24. The molecule has 0 saturated carbocycles. The standard InChI is InChI=1S/C21H25ClFN3O/c22-19-8-16(6-7-20(19)23)9-24-21(27)26-13-17-11-25(12-18(17)14-26)10-15-4-2-1-3-5-15/h1-4,6-8,15,17-18H,5,9-14H2,(H,24,27)/t15?,17-,18+. The highest BCUT2D eigenvalue weighted by atomic mass is 35.5. The van der Waals surface area contributed by atoms with Crippen molar-refractivity contribution in [1.29, 1.82) is 0 Å². The number of hydrogen-bond donors (Lipinski definition) is 1. The minimum atomic E-state index is -0.441. The molecule has 2 saturated heterocycles. The Morgan fingerprint density at radius 2 is 1.96 bits per heavy atom. The van der Waals surface area contributed by atoms with Gasteiger partial charge in [0.1, 0.15) is 5.82 Å². The van der Waals surface area contributed by atoms with Gasteiger partial charge in [-0.05, 0) is 41.9 Å². The van der Waals surface area contributed by atoms with Gasteiger partial charge in [0.05, 0.1) is 5.02 Å². The maximum Gasteiger partial charge on any atom is 0.317 e. The van der Waals surface area contributed by atoms with Gasteiger partial charge in [-0.3, -0.25) is 0 Å². The summed E-state index contributed by atoms with van der Waals surface area (Å²) in [5.41, 5.74) is 0.801. The van der Waals surface area contributed by atoms with Crippen molar-refractivity contribution in [3.05, 3.63) is 58.9 Å². The summed E-state index contributed by atoms with van der Waals surface area (Å²) in [5, 5.41) is 3.01. The molecule has 1 aliphatic carbocycles. The Balaban J connectivity index is 1.23. The van der Waals surface area contributed by atoms with E-state index in [0.29, 0.717) is 24.3 Å². The number of carbonyl (C=O) groups excluding carboxylic acids is 1. The maximum atomic E-state index is 13.2. The third-order valence-electron chi connectivity index (χ3n) is 5.84. The third-order valence-corrected chi connectivity index (χ3v) is 6.13. The van der Waals surface area contributed by atoms with E-state index in [9.17, 15) is 9.18 Å². The highest BCUT2D eigenvalue weighted by molar-refractivity contribution is 6.30. The van der Waals surface area contributed by atoms with Crippen LogP contribution in [0.2, 0.25) is 5.02 Å². The first-order valence-corrected chi connectivity index (χ1v) is 9.98. The minimum Gasteiger partial charge on any atom is -0.334 e. The van der Waals surface area contributed by atoms with Gasteiger partial charge in [-0.25, -0.2) is 9.18 Å². The number of nitrogens with zero attached hydrogens (tertiary/aromatic N) is 2. The molecule has 2 amide bonds. The zero-order valence-corrected chi connectivity index (χ0v) is 16.0. The largest absolute Gasteiger partial charge is 0.334 e. The Hall–Kier alpha value is -1.85. The average Bonchev–Trinajstić information content (AvgIpc) is 3.22. The Labute approximate surface area is 164 Å². The fourth-order valence-electron chi connectivity index (χ4n) is 4.44. The van der Waals surface area contributed by atoms with Crippen LogP contribution in [-0.4, -0.2) is 48.6 Å². The molecule has 2 fully saturated rings. The third kappa shape index (κ3) is 4.36. The molecule has 4 rings (SSSR count). The summed E-state index contributed by atoms with van der Waals surface area (Å²) in [5.74, 6) is 1.32. The van der Waals surface area contributed by atoms with Crippen LogP contribution in [0.15, 0.2) is 42.5 Å². The summed E-state index contributed by atoms with van der Waals surface area (Å²) in [6.07, 6.45) is 9.93. The fourth-order valence-corrected chi connectivity index (χ4v) is 4.65. The molecular weight excluding hydrogens is 365 g/mol. The number of hydrogen-bond acceptors (Lipinski definition) is 2. The molecule has 2 aliphatic heterocycles. The molecule has 6 heteroatoms. The molecule has 1 aromatic carbocycles. The van der Waals surface area contributed by atoms with E-state index in [1.165, 1.54) is 6.07 Å². The number of fused-ring (bicyclic) bond motifs is 1. The van der Waals surface area contributed by atoms with E-state index in [0.717, 1.165) is 44.7 Å². The Kier molecular flexibility index (Phi) is 5.50. The Morgan fingerprint density at radius 1 is 1.19 bits per heavy atom. The van der Waals surface area contributed by atoms with Gasteiger partial charge < -0.3 is 15.1 Å². The number of allylic oxidation sites excluding steroid dienone is 3. The first-order valence-electron chi connectivity index (χ1n) is 9.61. The molecule has 3 atom stereocenters. The summed E-state index contributed by atoms with van der Waals surface area (Å²) in [7, 11) is 0. The van der Waals surface area contributed by atoms with E-state index < -0.39 is 5.82 Å². The van der Waals surface area contributed by atoms with Crippen LogP contribution in [0.5, 0.6) is 0 Å². The van der Waals surface area contributed by atoms with Gasteiger partial charge in [-0.2, -0.15) is 0 Å². The molecule has 1 N–H and O–H groups in total. The minimum absolute atomic E-state index is 0.0447. The summed E-state index contributed by atoms with van der Waals surface area (Å²) < 4.78 is 13.2. The van der Waals surface area contributed by atoms with Crippen molar-refractivity contribution in [1.82, 2.24) is 15.1 Å². The summed E-state index contributed by atoms with van der Waals surface area (Å²) in [4.78, 5) is 16.9. The first kappa shape index (κ1) is 18.5. The number of amides is 2. The molecular formula is C21H25ClFN3O. The second-order valence-electron chi connectivity index (χ2n) is 7.86. The van der Waals surface area contributed by atoms with Gasteiger partial charge in [0.25, 0.3) is 0 Å². The molecule has 0 aromatic heterocycles. The van der Waals surface area contributed by atoms with Crippen molar-refractivity contribution in [2.75, 3.05) is 32.7 Å². The number of benzene rings is 1. The number of nitrogens with one attached hydrogen (secondary N) is 1. The van der Waals surface area contributed by atoms with E-state index in [-0.39, 0.29) is 11.1 Å². The topological polar surface area (TPSA) is 35.6 Å². The highest BCUT2D eigenvalue weighted by Gasteiger charge is 2.41. The Bertz CT molecular complexity index is 752. The van der Waals surface area contributed by atoms with Crippen molar-refractivity contribution >= 4 is 17.6 Å². The van der Waals surface area contributed by atoms with Crippen molar-refractivity contribution in [2.45, 2.75) is 13.0 Å². The van der Waals surface area contributed by atoms with Crippen molar-refractivity contribution in [3.8, 4) is 0 Å². The molecule has 1 unspecified atom stereocenters. The molecule has 144 valence electrons. The van der Waals surface area contributed by atoms with E-state index in [1.54, 1.807) is 12.1 Å². The number of likely N-dealkylation sites (tertiary alicyclic amines) is 2. The molecule has 4 nitrogen and oxygen atoms in total. The maximum absolute atomic E-state index is 13.2. The van der Waals surface area contributed by atoms with Crippen LogP contribution >= 0.6 is 11.6 Å². The van der Waals surface area contributed by atoms with Gasteiger partial charge in [0.2, 0.25) is 0 Å². The lowest BCUT2D eigenvalue weighted by Crippen LogP contribution is -2.40. The normalized spacial score (nSPS) is 27.2. The fraction of sp³-hybridized carbons (Fsp3) is 0.476. The van der Waals surface area contributed by atoms with E-state index >= 15 is 0 Å². The molecule has 3 aliphatic rings. The summed E-state index contributed by atoms with van der Waals surface area (Å²) >= 11 is 5.79. The molecule has 0 radical (unpaired) electrons. The monoisotopic (exact) mass is 389 g/mol. The summed E-state index contributed by atoms with van der Waals surface area (Å²) in [6, 6.07) is 4.49. The zero-order chi connectivity index (χ0) is 18.8. The van der Waals surface area contributed by atoms with E-state index in [2.05, 4.69) is 34.5 Å². The predicted molar refractivity (Wildman–Crippen MR) is 105 cm³/mol. The zero-order valence-electron chi connectivity index (χ0n) is 15.3. The number of carbonyl (C=O) groups is 1. The molecule has 2 heterocycles. The molecule has 1 aromatic rings. The van der Waals surface area contributed by atoms with Crippen LogP contribution in [0, 0.1) is 23.6 Å². The number of halogens is 2. The lowest BCUT2D eigenvalue weighted by atomic mass is 10.0. The van der Waals surface area contributed by atoms with Gasteiger partial charge in [-0.15, -0.1) is 0 Å². The number of rotatable bonds is 4. The second kappa shape index (κ2) is 8.03. The lowest BCUT2D eigenvalue weighted by molar-refractivity contribution is 0.197. The predicted octanol–water partition coefficient (Wildman–Crippen LogP) is 3.68. The first-order chi connectivity index (χ1) is 13.1. The SMILES string of the molecule is O=C(NCc1ccc(F)c(Cl)c1)N1C[C@H]2CN(CC3C=CC=CC3)C[C@H]2C1. The molecule has 0 bridgehead atoms. The van der Waals surface area contributed by atoms with Crippen LogP contribution in [0.1, 0.15) is 12.0 Å². The average molecular weight is 390 g/mol. The van der Waals surface area contributed by atoms with Crippen LogP contribution in [0.25, 0.3) is 0 Å². The second-order valence-corrected chi connectivity index (χ2v) is 8.27. The summed E-state index contributed by atoms with van der Waals surface area (Å²) in [6.45, 7) is 5.27. The quantitative estimate of drug-likeness (QED) is 0.852. The number of urea groups is 1. The molecule has 0 spiro atoms. The van der Waals surface area contributed by atoms with E-state index in [1.807, 2.05) is 4.90 Å². The van der Waals surface area contributed by atoms with Gasteiger partial charge in [0, 0.05) is 39.3 Å². The van der Waals surface area contributed by atoms with Crippen molar-refractivity contribution in [2.24, 2.45) is 17.8 Å². The van der Waals surface area contributed by atoms with Crippen molar-refractivity contribution < 1.29 is 9.18 Å². The highest BCUT2D eigenvalue weighted by Crippen LogP contribution is 2.32. The van der Waals surface area contributed by atoms with E-state index in [4.69, 9.17) is 11.6 Å². The van der Waals surface area contributed by atoms with Crippen LogP contribution < -0.4 is 5.32 Å². The molecule has 27 heavy (non-hydrogen) atoms. The van der Waals surface area contributed by atoms with Crippen LogP contribution in [0.4, 0.5) is 9.18 Å². The Morgan fingerprint density at radius 3 is 2.63 bits per heavy atom. The van der Waals surface area contributed by atoms with Gasteiger partial charge in [-0.1, -0.05) is 42.0 Å². The van der Waals surface area contributed by atoms with Gasteiger partial charge in [0.15, 0.2) is 0 Å². The van der Waals surface area contributed by atoms with Crippen LogP contribution in [-0.2, 0) is 6.54 Å².